The Labute approximate surface area is 123 Å². The van der Waals surface area contributed by atoms with Gasteiger partial charge in [0.15, 0.2) is 5.69 Å². The minimum atomic E-state index is -4.84. The van der Waals surface area contributed by atoms with Crippen molar-refractivity contribution in [1.29, 1.82) is 0 Å². The largest absolute Gasteiger partial charge is 0.573 e. The average Bonchev–Trinajstić information content (AvgIpc) is 2.46. The number of ether oxygens (including phenoxy) is 2. The third-order valence-electron chi connectivity index (χ3n) is 2.69. The molecule has 0 saturated carbocycles. The summed E-state index contributed by atoms with van der Waals surface area (Å²) in [5, 5.41) is 0. The minimum Gasteiger partial charge on any atom is -0.464 e. The van der Waals surface area contributed by atoms with Crippen molar-refractivity contribution in [3.05, 3.63) is 42.1 Å². The highest BCUT2D eigenvalue weighted by molar-refractivity contribution is 5.93. The number of anilines is 1. The number of para-hydroxylation sites is 1. The second kappa shape index (κ2) is 5.92. The number of esters is 1. The third-order valence-corrected chi connectivity index (χ3v) is 2.69. The fourth-order valence-corrected chi connectivity index (χ4v) is 1.77. The number of alkyl halides is 3. The molecule has 0 unspecified atom stereocenters. The second-order valence-corrected chi connectivity index (χ2v) is 4.17. The number of hydrogen-bond donors (Lipinski definition) is 1. The molecule has 1 heterocycles. The van der Waals surface area contributed by atoms with Gasteiger partial charge in [0.05, 0.1) is 18.5 Å². The first kappa shape index (κ1) is 15.6. The molecule has 1 aromatic carbocycles. The van der Waals surface area contributed by atoms with Gasteiger partial charge in [0.1, 0.15) is 5.75 Å². The summed E-state index contributed by atoms with van der Waals surface area (Å²) in [6.45, 7) is 0. The summed E-state index contributed by atoms with van der Waals surface area (Å²) < 4.78 is 45.8. The molecule has 116 valence electrons. The Morgan fingerprint density at radius 3 is 2.50 bits per heavy atom. The van der Waals surface area contributed by atoms with Gasteiger partial charge in [-0.1, -0.05) is 12.1 Å². The van der Waals surface area contributed by atoms with Crippen LogP contribution in [0.1, 0.15) is 10.5 Å². The van der Waals surface area contributed by atoms with Crippen LogP contribution < -0.4 is 10.5 Å². The molecule has 22 heavy (non-hydrogen) atoms. The summed E-state index contributed by atoms with van der Waals surface area (Å²) in [7, 11) is 1.15. The summed E-state index contributed by atoms with van der Waals surface area (Å²) in [5.41, 5.74) is 5.67. The Bertz CT molecular complexity index is 702. The lowest BCUT2D eigenvalue weighted by molar-refractivity contribution is -0.274. The van der Waals surface area contributed by atoms with Gasteiger partial charge < -0.3 is 15.2 Å². The van der Waals surface area contributed by atoms with Crippen molar-refractivity contribution in [1.82, 2.24) is 4.98 Å². The normalized spacial score (nSPS) is 11.1. The van der Waals surface area contributed by atoms with Crippen molar-refractivity contribution in [2.24, 2.45) is 0 Å². The van der Waals surface area contributed by atoms with Gasteiger partial charge in [0.2, 0.25) is 0 Å². The van der Waals surface area contributed by atoms with Crippen molar-refractivity contribution in [2.75, 3.05) is 12.8 Å². The zero-order valence-corrected chi connectivity index (χ0v) is 11.3. The quantitative estimate of drug-likeness (QED) is 0.882. The van der Waals surface area contributed by atoms with Gasteiger partial charge in [-0.25, -0.2) is 9.78 Å². The van der Waals surface area contributed by atoms with E-state index in [1.807, 2.05) is 0 Å². The fourth-order valence-electron chi connectivity index (χ4n) is 1.77. The Morgan fingerprint density at radius 1 is 1.18 bits per heavy atom. The molecule has 0 aliphatic carbocycles. The van der Waals surface area contributed by atoms with E-state index in [-0.39, 0.29) is 22.6 Å². The number of nitrogens with zero attached hydrogens (tertiary/aromatic N) is 1. The highest BCUT2D eigenvalue weighted by Crippen LogP contribution is 2.33. The molecular formula is C14H11F3N2O3. The predicted octanol–water partition coefficient (Wildman–Crippen LogP) is 3.02. The van der Waals surface area contributed by atoms with E-state index in [1.54, 1.807) is 0 Å². The molecule has 0 radical (unpaired) electrons. The SMILES string of the molecule is COC(=O)c1nc(-c2ccccc2OC(F)(F)F)ccc1N. The molecule has 0 aliphatic heterocycles. The van der Waals surface area contributed by atoms with E-state index in [2.05, 4.69) is 14.5 Å². The lowest BCUT2D eigenvalue weighted by Gasteiger charge is -2.13. The van der Waals surface area contributed by atoms with Gasteiger partial charge in [-0.15, -0.1) is 13.2 Å². The molecule has 2 aromatic rings. The van der Waals surface area contributed by atoms with Gasteiger partial charge in [-0.05, 0) is 24.3 Å². The monoisotopic (exact) mass is 312 g/mol. The molecule has 1 aromatic heterocycles. The lowest BCUT2D eigenvalue weighted by Crippen LogP contribution is -2.17. The number of benzene rings is 1. The van der Waals surface area contributed by atoms with E-state index in [4.69, 9.17) is 5.73 Å². The first-order valence-corrected chi connectivity index (χ1v) is 6.02. The zero-order chi connectivity index (χ0) is 16.3. The molecule has 0 amide bonds. The summed E-state index contributed by atoms with van der Waals surface area (Å²) >= 11 is 0. The molecule has 0 atom stereocenters. The van der Waals surface area contributed by atoms with E-state index in [0.717, 1.165) is 13.2 Å². The molecule has 2 rings (SSSR count). The van der Waals surface area contributed by atoms with Gasteiger partial charge in [0, 0.05) is 5.56 Å². The highest BCUT2D eigenvalue weighted by Gasteiger charge is 2.32. The number of pyridine rings is 1. The van der Waals surface area contributed by atoms with E-state index in [1.165, 1.54) is 30.3 Å². The second-order valence-electron chi connectivity index (χ2n) is 4.17. The molecule has 0 spiro atoms. The van der Waals surface area contributed by atoms with Crippen LogP contribution in [0.3, 0.4) is 0 Å². The van der Waals surface area contributed by atoms with Crippen LogP contribution in [0.25, 0.3) is 11.3 Å². The fraction of sp³-hybridized carbons (Fsp3) is 0.143. The van der Waals surface area contributed by atoms with Gasteiger partial charge >= 0.3 is 12.3 Å². The summed E-state index contributed by atoms with van der Waals surface area (Å²) in [4.78, 5) is 15.5. The van der Waals surface area contributed by atoms with Crippen molar-refractivity contribution >= 4 is 11.7 Å². The van der Waals surface area contributed by atoms with Gasteiger partial charge in [0.25, 0.3) is 0 Å². The van der Waals surface area contributed by atoms with Crippen LogP contribution in [0, 0.1) is 0 Å². The Hall–Kier alpha value is -2.77. The summed E-state index contributed by atoms with van der Waals surface area (Å²) in [5.74, 6) is -1.21. The molecule has 0 aliphatic rings. The van der Waals surface area contributed by atoms with Gasteiger partial charge in [-0.2, -0.15) is 0 Å². The zero-order valence-electron chi connectivity index (χ0n) is 11.3. The number of nitrogen functional groups attached to an aromatic ring is 1. The number of halogens is 3. The predicted molar refractivity (Wildman–Crippen MR) is 72.1 cm³/mol. The summed E-state index contributed by atoms with van der Waals surface area (Å²) in [6.07, 6.45) is -4.84. The van der Waals surface area contributed by atoms with Crippen LogP contribution in [0.5, 0.6) is 5.75 Å². The average molecular weight is 312 g/mol. The van der Waals surface area contributed by atoms with E-state index in [9.17, 15) is 18.0 Å². The first-order valence-electron chi connectivity index (χ1n) is 6.02. The number of nitrogens with two attached hydrogens (primary N) is 1. The van der Waals surface area contributed by atoms with Crippen molar-refractivity contribution < 1.29 is 27.4 Å². The van der Waals surface area contributed by atoms with Crippen LogP contribution in [-0.4, -0.2) is 24.4 Å². The lowest BCUT2D eigenvalue weighted by atomic mass is 10.1. The number of carbonyl (C=O) groups is 1. The maximum absolute atomic E-state index is 12.4. The summed E-state index contributed by atoms with van der Waals surface area (Å²) in [6, 6.07) is 8.20. The highest BCUT2D eigenvalue weighted by atomic mass is 19.4. The van der Waals surface area contributed by atoms with E-state index >= 15 is 0 Å². The smallest absolute Gasteiger partial charge is 0.464 e. The number of hydrogen-bond acceptors (Lipinski definition) is 5. The molecule has 0 bridgehead atoms. The van der Waals surface area contributed by atoms with E-state index < -0.39 is 18.1 Å². The molecule has 2 N–H and O–H groups in total. The molecule has 5 nitrogen and oxygen atoms in total. The van der Waals surface area contributed by atoms with Crippen LogP contribution >= 0.6 is 0 Å². The third kappa shape index (κ3) is 3.46. The van der Waals surface area contributed by atoms with Crippen LogP contribution in [0.15, 0.2) is 36.4 Å². The molecular weight excluding hydrogens is 301 g/mol. The number of carbonyl (C=O) groups excluding carboxylic acids is 1. The number of aromatic nitrogens is 1. The molecule has 0 fully saturated rings. The van der Waals surface area contributed by atoms with Gasteiger partial charge in [-0.3, -0.25) is 0 Å². The van der Waals surface area contributed by atoms with Crippen LogP contribution in [0.2, 0.25) is 0 Å². The van der Waals surface area contributed by atoms with Crippen LogP contribution in [0.4, 0.5) is 18.9 Å². The maximum atomic E-state index is 12.4. The Balaban J connectivity index is 2.51. The Kier molecular flexibility index (Phi) is 4.20. The van der Waals surface area contributed by atoms with Crippen LogP contribution in [-0.2, 0) is 4.74 Å². The number of rotatable bonds is 3. The molecule has 8 heteroatoms. The van der Waals surface area contributed by atoms with Crippen molar-refractivity contribution in [3.8, 4) is 17.0 Å². The molecule has 0 saturated heterocycles. The maximum Gasteiger partial charge on any atom is 0.573 e. The van der Waals surface area contributed by atoms with E-state index in [0.29, 0.717) is 0 Å². The Morgan fingerprint density at radius 2 is 1.86 bits per heavy atom. The first-order chi connectivity index (χ1) is 10.3. The van der Waals surface area contributed by atoms with Crippen molar-refractivity contribution in [3.63, 3.8) is 0 Å². The number of methoxy groups -OCH3 is 1. The standard InChI is InChI=1S/C14H11F3N2O3/c1-21-13(20)12-9(18)6-7-10(19-12)8-4-2-3-5-11(8)22-14(15,16)17/h2-7H,18H2,1H3. The van der Waals surface area contributed by atoms with Crippen molar-refractivity contribution in [2.45, 2.75) is 6.36 Å². The minimum absolute atomic E-state index is 0.0600. The topological polar surface area (TPSA) is 74.4 Å².